The molecule has 0 saturated heterocycles. The SMILES string of the molecule is C#CCOc1ccc2c(c1)c(C(=O)OCC)c(C)n2-c1ccc(N(C)C)cc1. The highest BCUT2D eigenvalue weighted by Crippen LogP contribution is 2.33. The summed E-state index contributed by atoms with van der Waals surface area (Å²) in [6.45, 7) is 4.21. The molecule has 3 rings (SSSR count). The summed E-state index contributed by atoms with van der Waals surface area (Å²) < 4.78 is 12.9. The first-order chi connectivity index (χ1) is 13.5. The fraction of sp³-hybridized carbons (Fsp3) is 0.261. The minimum atomic E-state index is -0.345. The van der Waals surface area contributed by atoms with E-state index < -0.39 is 0 Å². The molecular formula is C23H24N2O3. The molecule has 0 radical (unpaired) electrons. The first kappa shape index (κ1) is 19.4. The zero-order valence-corrected chi connectivity index (χ0v) is 16.7. The van der Waals surface area contributed by atoms with Gasteiger partial charge in [-0.3, -0.25) is 0 Å². The molecule has 144 valence electrons. The quantitative estimate of drug-likeness (QED) is 0.478. The van der Waals surface area contributed by atoms with Crippen LogP contribution in [0.4, 0.5) is 5.69 Å². The van der Waals surface area contributed by atoms with Crippen LogP contribution in [0.5, 0.6) is 5.75 Å². The van der Waals surface area contributed by atoms with Gasteiger partial charge in [0.1, 0.15) is 12.4 Å². The molecule has 3 aromatic rings. The molecule has 1 heterocycles. The Balaban J connectivity index is 2.20. The van der Waals surface area contributed by atoms with E-state index in [4.69, 9.17) is 15.9 Å². The fourth-order valence-corrected chi connectivity index (χ4v) is 3.31. The molecule has 0 aliphatic heterocycles. The normalized spacial score (nSPS) is 10.5. The maximum Gasteiger partial charge on any atom is 0.340 e. The molecule has 5 heteroatoms. The Hall–Kier alpha value is -3.39. The van der Waals surface area contributed by atoms with Gasteiger partial charge in [0, 0.05) is 36.6 Å². The zero-order chi connectivity index (χ0) is 20.3. The van der Waals surface area contributed by atoms with Gasteiger partial charge in [0.25, 0.3) is 0 Å². The summed E-state index contributed by atoms with van der Waals surface area (Å²) in [6.07, 6.45) is 5.29. The van der Waals surface area contributed by atoms with Gasteiger partial charge in [-0.05, 0) is 56.3 Å². The molecule has 0 aliphatic rings. The highest BCUT2D eigenvalue weighted by Gasteiger charge is 2.22. The number of esters is 1. The van der Waals surface area contributed by atoms with E-state index in [2.05, 4.69) is 22.6 Å². The Morgan fingerprint density at radius 1 is 1.18 bits per heavy atom. The molecule has 0 spiro atoms. The number of rotatable bonds is 6. The minimum absolute atomic E-state index is 0.173. The smallest absolute Gasteiger partial charge is 0.340 e. The molecule has 0 N–H and O–H groups in total. The minimum Gasteiger partial charge on any atom is -0.481 e. The fourth-order valence-electron chi connectivity index (χ4n) is 3.31. The highest BCUT2D eigenvalue weighted by atomic mass is 16.5. The zero-order valence-electron chi connectivity index (χ0n) is 16.7. The predicted octanol–water partition coefficient (Wildman–Crippen LogP) is 4.19. The molecule has 0 saturated carbocycles. The molecule has 0 amide bonds. The highest BCUT2D eigenvalue weighted by molar-refractivity contribution is 6.07. The van der Waals surface area contributed by atoms with E-state index in [-0.39, 0.29) is 12.6 Å². The van der Waals surface area contributed by atoms with Crippen molar-refractivity contribution in [1.29, 1.82) is 0 Å². The summed E-state index contributed by atoms with van der Waals surface area (Å²) in [6, 6.07) is 13.8. The maximum atomic E-state index is 12.7. The lowest BCUT2D eigenvalue weighted by atomic mass is 10.1. The summed E-state index contributed by atoms with van der Waals surface area (Å²) in [7, 11) is 4.00. The molecule has 0 atom stereocenters. The Morgan fingerprint density at radius 2 is 1.89 bits per heavy atom. The van der Waals surface area contributed by atoms with Crippen molar-refractivity contribution in [2.45, 2.75) is 13.8 Å². The van der Waals surface area contributed by atoms with E-state index in [1.54, 1.807) is 6.92 Å². The van der Waals surface area contributed by atoms with Gasteiger partial charge in [-0.2, -0.15) is 0 Å². The standard InChI is InChI=1S/C23H24N2O3/c1-6-14-28-19-12-13-21-20(15-19)22(23(26)27-7-2)16(3)25(21)18-10-8-17(9-11-18)24(4)5/h1,8-13,15H,7,14H2,2-5H3. The van der Waals surface area contributed by atoms with Gasteiger partial charge >= 0.3 is 5.97 Å². The van der Waals surface area contributed by atoms with Gasteiger partial charge in [-0.15, -0.1) is 6.42 Å². The van der Waals surface area contributed by atoms with E-state index >= 15 is 0 Å². The van der Waals surface area contributed by atoms with Crippen LogP contribution < -0.4 is 9.64 Å². The third-order valence-electron chi connectivity index (χ3n) is 4.60. The first-order valence-electron chi connectivity index (χ1n) is 9.14. The summed E-state index contributed by atoms with van der Waals surface area (Å²) in [5.41, 5.74) is 4.35. The van der Waals surface area contributed by atoms with Crippen LogP contribution in [0.2, 0.25) is 0 Å². The van der Waals surface area contributed by atoms with Crippen LogP contribution in [-0.2, 0) is 4.74 Å². The van der Waals surface area contributed by atoms with Crippen LogP contribution in [0, 0.1) is 19.3 Å². The van der Waals surface area contributed by atoms with Crippen LogP contribution in [-0.4, -0.2) is 37.8 Å². The number of aromatic nitrogens is 1. The number of ether oxygens (including phenoxy) is 2. The van der Waals surface area contributed by atoms with Crippen molar-refractivity contribution < 1.29 is 14.3 Å². The van der Waals surface area contributed by atoms with Gasteiger partial charge in [0.05, 0.1) is 17.7 Å². The number of terminal acetylenes is 1. The third kappa shape index (κ3) is 3.54. The average Bonchev–Trinajstić information content (AvgIpc) is 2.97. The van der Waals surface area contributed by atoms with Crippen molar-refractivity contribution in [3.05, 3.63) is 53.7 Å². The van der Waals surface area contributed by atoms with Crippen LogP contribution in [0.15, 0.2) is 42.5 Å². The summed E-state index contributed by atoms with van der Waals surface area (Å²) in [5, 5.41) is 0.780. The van der Waals surface area contributed by atoms with E-state index in [0.29, 0.717) is 17.9 Å². The summed E-state index contributed by atoms with van der Waals surface area (Å²) in [5.74, 6) is 2.73. The molecule has 5 nitrogen and oxygen atoms in total. The van der Waals surface area contributed by atoms with Gasteiger partial charge < -0.3 is 18.9 Å². The number of hydrogen-bond acceptors (Lipinski definition) is 4. The van der Waals surface area contributed by atoms with Gasteiger partial charge in [0.15, 0.2) is 0 Å². The summed E-state index contributed by atoms with van der Waals surface area (Å²) >= 11 is 0. The van der Waals surface area contributed by atoms with E-state index in [0.717, 1.165) is 28.0 Å². The van der Waals surface area contributed by atoms with Crippen LogP contribution in [0.1, 0.15) is 23.0 Å². The molecule has 28 heavy (non-hydrogen) atoms. The largest absolute Gasteiger partial charge is 0.481 e. The number of benzene rings is 2. The van der Waals surface area contributed by atoms with Crippen molar-refractivity contribution in [3.8, 4) is 23.8 Å². The summed E-state index contributed by atoms with van der Waals surface area (Å²) in [4.78, 5) is 14.7. The molecule has 0 fully saturated rings. The van der Waals surface area contributed by atoms with Crippen LogP contribution in [0.3, 0.4) is 0 Å². The maximum absolute atomic E-state index is 12.7. The Kier molecular flexibility index (Phi) is 5.60. The second kappa shape index (κ2) is 8.10. The topological polar surface area (TPSA) is 43.7 Å². The Bertz CT molecular complexity index is 1040. The van der Waals surface area contributed by atoms with Crippen molar-refractivity contribution in [2.24, 2.45) is 0 Å². The monoisotopic (exact) mass is 376 g/mol. The molecule has 0 bridgehead atoms. The van der Waals surface area contributed by atoms with Crippen LogP contribution >= 0.6 is 0 Å². The third-order valence-corrected chi connectivity index (χ3v) is 4.60. The second-order valence-corrected chi connectivity index (χ2v) is 6.60. The molecule has 2 aromatic carbocycles. The molecular weight excluding hydrogens is 352 g/mol. The number of anilines is 1. The van der Waals surface area contributed by atoms with Gasteiger partial charge in [0.2, 0.25) is 0 Å². The van der Waals surface area contributed by atoms with Gasteiger partial charge in [-0.25, -0.2) is 4.79 Å². The van der Waals surface area contributed by atoms with E-state index in [1.807, 2.05) is 56.3 Å². The number of carbonyl (C=O) groups excluding carboxylic acids is 1. The average molecular weight is 376 g/mol. The van der Waals surface area contributed by atoms with Crippen molar-refractivity contribution in [1.82, 2.24) is 4.57 Å². The molecule has 0 unspecified atom stereocenters. The van der Waals surface area contributed by atoms with Gasteiger partial charge in [-0.1, -0.05) is 5.92 Å². The first-order valence-corrected chi connectivity index (χ1v) is 9.14. The second-order valence-electron chi connectivity index (χ2n) is 6.60. The number of fused-ring (bicyclic) bond motifs is 1. The van der Waals surface area contributed by atoms with E-state index in [1.165, 1.54) is 0 Å². The van der Waals surface area contributed by atoms with Crippen molar-refractivity contribution >= 4 is 22.6 Å². The lowest BCUT2D eigenvalue weighted by Crippen LogP contribution is -2.09. The Morgan fingerprint density at radius 3 is 2.50 bits per heavy atom. The predicted molar refractivity (Wildman–Crippen MR) is 113 cm³/mol. The van der Waals surface area contributed by atoms with E-state index in [9.17, 15) is 4.79 Å². The van der Waals surface area contributed by atoms with Crippen LogP contribution in [0.25, 0.3) is 16.6 Å². The number of hydrogen-bond donors (Lipinski definition) is 0. The van der Waals surface area contributed by atoms with Crippen molar-refractivity contribution in [2.75, 3.05) is 32.2 Å². The lowest BCUT2D eigenvalue weighted by molar-refractivity contribution is 0.0527. The van der Waals surface area contributed by atoms with Crippen molar-refractivity contribution in [3.63, 3.8) is 0 Å². The Labute approximate surface area is 165 Å². The lowest BCUT2D eigenvalue weighted by Gasteiger charge is -2.14. The molecule has 0 aliphatic carbocycles. The molecule has 1 aromatic heterocycles. The number of nitrogens with zero attached hydrogens (tertiary/aromatic N) is 2. The number of carbonyl (C=O) groups is 1.